The van der Waals surface area contributed by atoms with Gasteiger partial charge in [-0.3, -0.25) is 4.79 Å². The van der Waals surface area contributed by atoms with Crippen LogP contribution in [-0.4, -0.2) is 39.7 Å². The number of amides is 1. The molecule has 0 unspecified atom stereocenters. The van der Waals surface area contributed by atoms with Crippen molar-refractivity contribution in [2.45, 2.75) is 136 Å². The molecule has 196 valence electrons. The van der Waals surface area contributed by atoms with Crippen molar-refractivity contribution in [3.05, 3.63) is 12.2 Å². The van der Waals surface area contributed by atoms with Crippen LogP contribution in [0.4, 0.5) is 0 Å². The standard InChI is InChI=1S/C24H55NO4Si4/c1-11-30(12-2,13-3)27-33(22-20-21-23(10)24(25)26,28-31(14-4,15-5)16-6)29-32(17-7,18-8)19-9/h10-22H2,1-9H3,(H2,25,26). The summed E-state index contributed by atoms with van der Waals surface area (Å²) in [5.41, 5.74) is 5.97. The number of primary amides is 1. The molecule has 0 aromatic rings. The first kappa shape index (κ1) is 33.0. The second-order valence-corrected chi connectivity index (χ2v) is 27.3. The van der Waals surface area contributed by atoms with Crippen LogP contribution in [0.5, 0.6) is 0 Å². The number of hydrogen-bond donors (Lipinski definition) is 1. The lowest BCUT2D eigenvalue weighted by atomic mass is 10.2. The molecule has 0 spiro atoms. The lowest BCUT2D eigenvalue weighted by Crippen LogP contribution is -2.64. The van der Waals surface area contributed by atoms with Crippen LogP contribution in [0, 0.1) is 0 Å². The van der Waals surface area contributed by atoms with Crippen LogP contribution >= 0.6 is 0 Å². The van der Waals surface area contributed by atoms with Gasteiger partial charge in [0.05, 0.1) is 0 Å². The van der Waals surface area contributed by atoms with E-state index in [2.05, 4.69) is 68.9 Å². The van der Waals surface area contributed by atoms with E-state index in [4.69, 9.17) is 18.1 Å². The van der Waals surface area contributed by atoms with Crippen LogP contribution < -0.4 is 5.73 Å². The van der Waals surface area contributed by atoms with Crippen LogP contribution in [0.3, 0.4) is 0 Å². The topological polar surface area (TPSA) is 70.8 Å². The molecule has 0 radical (unpaired) electrons. The Morgan fingerprint density at radius 1 is 0.636 bits per heavy atom. The highest BCUT2D eigenvalue weighted by atomic mass is 28.5. The Morgan fingerprint density at radius 3 is 1.12 bits per heavy atom. The zero-order valence-corrected chi connectivity index (χ0v) is 27.4. The molecule has 33 heavy (non-hydrogen) atoms. The van der Waals surface area contributed by atoms with Gasteiger partial charge in [-0.25, -0.2) is 0 Å². The van der Waals surface area contributed by atoms with Crippen LogP contribution in [0.1, 0.15) is 75.2 Å². The van der Waals surface area contributed by atoms with Crippen molar-refractivity contribution in [2.75, 3.05) is 0 Å². The van der Waals surface area contributed by atoms with Gasteiger partial charge in [0.15, 0.2) is 25.0 Å². The summed E-state index contributed by atoms with van der Waals surface area (Å²) in [6.07, 6.45) is 1.36. The van der Waals surface area contributed by atoms with E-state index in [-0.39, 0.29) is 0 Å². The van der Waals surface area contributed by atoms with E-state index in [9.17, 15) is 4.79 Å². The molecule has 0 aliphatic carbocycles. The number of carbonyl (C=O) groups excluding carboxylic acids is 1. The summed E-state index contributed by atoms with van der Waals surface area (Å²) < 4.78 is 22.2. The molecule has 0 heterocycles. The molecular formula is C24H55NO4Si4. The highest BCUT2D eigenvalue weighted by molar-refractivity contribution is 6.92. The van der Waals surface area contributed by atoms with Gasteiger partial charge in [-0.15, -0.1) is 0 Å². The maximum atomic E-state index is 11.6. The van der Waals surface area contributed by atoms with Gasteiger partial charge >= 0.3 is 8.80 Å². The predicted molar refractivity (Wildman–Crippen MR) is 153 cm³/mol. The summed E-state index contributed by atoms with van der Waals surface area (Å²) in [7, 11) is -8.96. The molecule has 0 rings (SSSR count). The monoisotopic (exact) mass is 533 g/mol. The van der Waals surface area contributed by atoms with E-state index in [1.54, 1.807) is 0 Å². The summed E-state index contributed by atoms with van der Waals surface area (Å²) in [5, 5.41) is 0. The smallest absolute Gasteiger partial charge is 0.416 e. The Labute approximate surface area is 210 Å². The molecule has 9 heteroatoms. The first-order valence-corrected chi connectivity index (χ1v) is 23.1. The van der Waals surface area contributed by atoms with Crippen molar-refractivity contribution >= 4 is 39.7 Å². The molecule has 0 aromatic heterocycles. The lowest BCUT2D eigenvalue weighted by Gasteiger charge is -2.48. The summed E-state index contributed by atoms with van der Waals surface area (Å²) in [5.74, 6) is -0.414. The average molecular weight is 534 g/mol. The van der Waals surface area contributed by atoms with Crippen LogP contribution in [0.2, 0.25) is 60.4 Å². The maximum absolute atomic E-state index is 11.6. The molecular weight excluding hydrogens is 479 g/mol. The van der Waals surface area contributed by atoms with Crippen molar-refractivity contribution in [1.29, 1.82) is 0 Å². The minimum atomic E-state index is -3.00. The molecule has 0 aliphatic heterocycles. The Hall–Kier alpha value is -0.0425. The van der Waals surface area contributed by atoms with Gasteiger partial charge < -0.3 is 18.1 Å². The largest absolute Gasteiger partial charge is 0.469 e. The third-order valence-corrected chi connectivity index (χ3v) is 29.7. The summed E-state index contributed by atoms with van der Waals surface area (Å²) in [4.78, 5) is 11.6. The first-order valence-electron chi connectivity index (χ1n) is 13.6. The van der Waals surface area contributed by atoms with E-state index in [0.29, 0.717) is 12.0 Å². The zero-order valence-electron chi connectivity index (χ0n) is 23.4. The first-order chi connectivity index (χ1) is 15.5. The minimum absolute atomic E-state index is 0.414. The third kappa shape index (κ3) is 9.16. The highest BCUT2D eigenvalue weighted by Gasteiger charge is 2.54. The van der Waals surface area contributed by atoms with Gasteiger partial charge in [0.1, 0.15) is 0 Å². The molecule has 0 fully saturated rings. The molecule has 0 saturated heterocycles. The molecule has 0 aromatic carbocycles. The molecule has 5 nitrogen and oxygen atoms in total. The van der Waals surface area contributed by atoms with Crippen molar-refractivity contribution in [3.8, 4) is 0 Å². The van der Waals surface area contributed by atoms with Crippen molar-refractivity contribution in [1.82, 2.24) is 0 Å². The third-order valence-electron chi connectivity index (χ3n) is 8.23. The number of hydrogen-bond acceptors (Lipinski definition) is 4. The number of carbonyl (C=O) groups is 1. The van der Waals surface area contributed by atoms with E-state index in [1.807, 2.05) is 0 Å². The fraction of sp³-hybridized carbons (Fsp3) is 0.875. The lowest BCUT2D eigenvalue weighted by molar-refractivity contribution is -0.114. The fourth-order valence-electron chi connectivity index (χ4n) is 4.75. The van der Waals surface area contributed by atoms with E-state index >= 15 is 0 Å². The Balaban J connectivity index is 6.62. The van der Waals surface area contributed by atoms with Gasteiger partial charge in [0, 0.05) is 11.6 Å². The Bertz CT molecular complexity index is 511. The predicted octanol–water partition coefficient (Wildman–Crippen LogP) is 7.81. The van der Waals surface area contributed by atoms with Crippen LogP contribution in [0.25, 0.3) is 0 Å². The Kier molecular flexibility index (Phi) is 15.1. The molecule has 0 saturated carbocycles. The molecule has 2 N–H and O–H groups in total. The molecule has 0 aliphatic rings. The fourth-order valence-corrected chi connectivity index (χ4v) is 25.8. The minimum Gasteiger partial charge on any atom is -0.416 e. The summed E-state index contributed by atoms with van der Waals surface area (Å²) in [6.45, 7) is 24.4. The molecule has 0 bridgehead atoms. The van der Waals surface area contributed by atoms with Crippen molar-refractivity contribution < 1.29 is 17.1 Å². The number of nitrogens with two attached hydrogens (primary N) is 1. The van der Waals surface area contributed by atoms with Crippen molar-refractivity contribution in [2.24, 2.45) is 5.73 Å². The van der Waals surface area contributed by atoms with E-state index in [0.717, 1.165) is 66.9 Å². The van der Waals surface area contributed by atoms with Gasteiger partial charge in [0.2, 0.25) is 5.91 Å². The van der Waals surface area contributed by atoms with Gasteiger partial charge in [0.25, 0.3) is 0 Å². The van der Waals surface area contributed by atoms with Gasteiger partial charge in [-0.1, -0.05) is 68.9 Å². The normalized spacial score (nSPS) is 13.4. The van der Waals surface area contributed by atoms with Crippen LogP contribution in [0.15, 0.2) is 12.2 Å². The van der Waals surface area contributed by atoms with E-state index in [1.165, 1.54) is 0 Å². The van der Waals surface area contributed by atoms with Crippen molar-refractivity contribution in [3.63, 3.8) is 0 Å². The average Bonchev–Trinajstić information content (AvgIpc) is 2.84. The zero-order chi connectivity index (χ0) is 25.8. The molecule has 1 amide bonds. The van der Waals surface area contributed by atoms with Gasteiger partial charge in [-0.2, -0.15) is 0 Å². The van der Waals surface area contributed by atoms with Gasteiger partial charge in [-0.05, 0) is 67.2 Å². The molecule has 0 atom stereocenters. The SMILES string of the molecule is C=C(CCC[Si](O[Si](CC)(CC)CC)(O[Si](CC)(CC)CC)O[Si](CC)(CC)CC)C(N)=O. The number of rotatable bonds is 20. The highest BCUT2D eigenvalue weighted by Crippen LogP contribution is 2.39. The second-order valence-electron chi connectivity index (χ2n) is 9.54. The Morgan fingerprint density at radius 2 is 0.909 bits per heavy atom. The maximum Gasteiger partial charge on any atom is 0.469 e. The summed E-state index contributed by atoms with van der Waals surface area (Å²) >= 11 is 0. The van der Waals surface area contributed by atoms with Crippen LogP contribution in [-0.2, 0) is 17.1 Å². The quantitative estimate of drug-likeness (QED) is 0.128. The summed E-state index contributed by atoms with van der Waals surface area (Å²) in [6, 6.07) is 10.5. The second kappa shape index (κ2) is 15.2. The van der Waals surface area contributed by atoms with E-state index < -0.39 is 39.7 Å².